The molecule has 0 radical (unpaired) electrons. The van der Waals surface area contributed by atoms with Crippen LogP contribution in [-0.4, -0.2) is 24.7 Å². The second-order valence-electron chi connectivity index (χ2n) is 3.13. The van der Waals surface area contributed by atoms with E-state index in [1.165, 1.54) is 6.33 Å². The van der Waals surface area contributed by atoms with Crippen LogP contribution < -0.4 is 0 Å². The zero-order valence-corrected chi connectivity index (χ0v) is 9.16. The molecule has 0 aliphatic rings. The van der Waals surface area contributed by atoms with E-state index in [2.05, 4.69) is 27.1 Å². The van der Waals surface area contributed by atoms with E-state index in [0.29, 0.717) is 4.77 Å². The second kappa shape index (κ2) is 4.31. The molecule has 0 amide bonds. The Morgan fingerprint density at radius 3 is 2.80 bits per heavy atom. The van der Waals surface area contributed by atoms with Gasteiger partial charge in [-0.2, -0.15) is 5.10 Å². The van der Waals surface area contributed by atoms with Crippen LogP contribution in [0, 0.1) is 4.77 Å². The average molecular weight is 221 g/mol. The summed E-state index contributed by atoms with van der Waals surface area (Å²) in [5.41, 5.74) is 0.847. The Hall–Kier alpha value is -1.56. The minimum Gasteiger partial charge on any atom is -0.269 e. The molecule has 15 heavy (non-hydrogen) atoms. The van der Waals surface area contributed by atoms with E-state index in [0.717, 1.165) is 24.4 Å². The maximum atomic E-state index is 5.16. The van der Waals surface area contributed by atoms with Gasteiger partial charge in [-0.3, -0.25) is 9.67 Å². The first-order valence-electron chi connectivity index (χ1n) is 4.74. The molecule has 78 valence electrons. The van der Waals surface area contributed by atoms with E-state index in [1.807, 2.05) is 4.57 Å². The molecule has 0 aliphatic carbocycles. The molecule has 0 aliphatic heterocycles. The molecule has 5 nitrogen and oxygen atoms in total. The van der Waals surface area contributed by atoms with Crippen LogP contribution >= 0.6 is 12.2 Å². The molecule has 2 aromatic heterocycles. The Labute approximate surface area is 92.2 Å². The fraction of sp³-hybridized carbons (Fsp3) is 0.333. The quantitative estimate of drug-likeness (QED) is 0.801. The molecule has 0 saturated carbocycles. The second-order valence-corrected chi connectivity index (χ2v) is 3.51. The summed E-state index contributed by atoms with van der Waals surface area (Å²) in [4.78, 5) is 7.93. The molecule has 0 unspecified atom stereocenters. The number of aromatic amines is 1. The average Bonchev–Trinajstić information content (AvgIpc) is 2.62. The number of rotatable bonds is 3. The molecule has 0 fully saturated rings. The third kappa shape index (κ3) is 1.94. The normalized spacial score (nSPS) is 10.5. The number of nitrogens with zero attached hydrogens (tertiary/aromatic N) is 4. The lowest BCUT2D eigenvalue weighted by Crippen LogP contribution is -2.02. The van der Waals surface area contributed by atoms with E-state index in [-0.39, 0.29) is 0 Å². The molecule has 2 aromatic rings. The van der Waals surface area contributed by atoms with Crippen molar-refractivity contribution in [2.24, 2.45) is 0 Å². The highest BCUT2D eigenvalue weighted by Crippen LogP contribution is 2.09. The Morgan fingerprint density at radius 1 is 1.40 bits per heavy atom. The third-order valence-corrected chi connectivity index (χ3v) is 2.29. The van der Waals surface area contributed by atoms with Gasteiger partial charge < -0.3 is 0 Å². The summed E-state index contributed by atoms with van der Waals surface area (Å²) in [5, 5.41) is 6.95. The van der Waals surface area contributed by atoms with Crippen molar-refractivity contribution < 1.29 is 0 Å². The van der Waals surface area contributed by atoms with E-state index in [9.17, 15) is 0 Å². The molecule has 0 bridgehead atoms. The Morgan fingerprint density at radius 2 is 2.13 bits per heavy atom. The van der Waals surface area contributed by atoms with Crippen molar-refractivity contribution in [2.45, 2.75) is 19.8 Å². The molecule has 0 spiro atoms. The highest BCUT2D eigenvalue weighted by atomic mass is 32.1. The SMILES string of the molecule is CCCc1n[nH]c(=S)n1-c1cncnc1. The number of aromatic nitrogens is 5. The van der Waals surface area contributed by atoms with Crippen LogP contribution in [0.1, 0.15) is 19.2 Å². The van der Waals surface area contributed by atoms with Crippen molar-refractivity contribution in [3.63, 3.8) is 0 Å². The lowest BCUT2D eigenvalue weighted by molar-refractivity contribution is 0.797. The van der Waals surface area contributed by atoms with Gasteiger partial charge in [0, 0.05) is 6.42 Å². The zero-order chi connectivity index (χ0) is 10.7. The minimum atomic E-state index is 0.577. The summed E-state index contributed by atoms with van der Waals surface area (Å²) < 4.78 is 2.44. The van der Waals surface area contributed by atoms with Gasteiger partial charge in [-0.1, -0.05) is 6.92 Å². The first kappa shape index (κ1) is 9.97. The molecular weight excluding hydrogens is 210 g/mol. The van der Waals surface area contributed by atoms with Gasteiger partial charge in [0.2, 0.25) is 0 Å². The van der Waals surface area contributed by atoms with Crippen LogP contribution in [0.15, 0.2) is 18.7 Å². The van der Waals surface area contributed by atoms with Gasteiger partial charge >= 0.3 is 0 Å². The summed E-state index contributed by atoms with van der Waals surface area (Å²) in [6, 6.07) is 0. The Balaban J connectivity index is 2.52. The maximum Gasteiger partial charge on any atom is 0.199 e. The van der Waals surface area contributed by atoms with E-state index >= 15 is 0 Å². The van der Waals surface area contributed by atoms with Crippen LogP contribution in [0.25, 0.3) is 5.69 Å². The standard InChI is InChI=1S/C9H11N5S/c1-2-3-8-12-13-9(15)14(8)7-4-10-6-11-5-7/h4-6H,2-3H2,1H3,(H,13,15). The van der Waals surface area contributed by atoms with Gasteiger partial charge in [-0.25, -0.2) is 9.97 Å². The zero-order valence-electron chi connectivity index (χ0n) is 8.34. The summed E-state index contributed by atoms with van der Waals surface area (Å²) in [7, 11) is 0. The van der Waals surface area contributed by atoms with Crippen molar-refractivity contribution in [3.05, 3.63) is 29.3 Å². The van der Waals surface area contributed by atoms with Gasteiger partial charge in [0.25, 0.3) is 0 Å². The van der Waals surface area contributed by atoms with Crippen LogP contribution in [0.4, 0.5) is 0 Å². The third-order valence-electron chi connectivity index (χ3n) is 2.02. The van der Waals surface area contributed by atoms with Crippen molar-refractivity contribution in [1.82, 2.24) is 24.7 Å². The largest absolute Gasteiger partial charge is 0.269 e. The number of aryl methyl sites for hydroxylation is 1. The first-order valence-corrected chi connectivity index (χ1v) is 5.15. The minimum absolute atomic E-state index is 0.577. The fourth-order valence-electron chi connectivity index (χ4n) is 1.39. The van der Waals surface area contributed by atoms with Gasteiger partial charge in [-0.15, -0.1) is 0 Å². The lowest BCUT2D eigenvalue weighted by Gasteiger charge is -2.03. The molecule has 0 atom stereocenters. The van der Waals surface area contributed by atoms with Crippen LogP contribution in [-0.2, 0) is 6.42 Å². The van der Waals surface area contributed by atoms with Crippen molar-refractivity contribution >= 4 is 12.2 Å². The predicted octanol–water partition coefficient (Wildman–Crippen LogP) is 1.67. The fourth-order valence-corrected chi connectivity index (χ4v) is 1.65. The van der Waals surface area contributed by atoms with Gasteiger partial charge in [0.1, 0.15) is 12.2 Å². The molecular formula is C9H11N5S. The van der Waals surface area contributed by atoms with E-state index in [4.69, 9.17) is 12.2 Å². The molecule has 0 aromatic carbocycles. The molecule has 1 N–H and O–H groups in total. The predicted molar refractivity (Wildman–Crippen MR) is 58.3 cm³/mol. The van der Waals surface area contributed by atoms with E-state index in [1.54, 1.807) is 12.4 Å². The topological polar surface area (TPSA) is 59.4 Å². The summed E-state index contributed by atoms with van der Waals surface area (Å²) >= 11 is 5.16. The maximum absolute atomic E-state index is 5.16. The molecule has 2 heterocycles. The highest BCUT2D eigenvalue weighted by Gasteiger charge is 2.06. The van der Waals surface area contributed by atoms with Gasteiger partial charge in [0.15, 0.2) is 4.77 Å². The number of H-pyrrole nitrogens is 1. The first-order chi connectivity index (χ1) is 7.33. The molecule has 6 heteroatoms. The Kier molecular flexibility index (Phi) is 2.86. The van der Waals surface area contributed by atoms with Crippen LogP contribution in [0.3, 0.4) is 0 Å². The van der Waals surface area contributed by atoms with Crippen LogP contribution in [0.5, 0.6) is 0 Å². The highest BCUT2D eigenvalue weighted by molar-refractivity contribution is 7.71. The number of hydrogen-bond donors (Lipinski definition) is 1. The Bertz CT molecular complexity index is 487. The monoisotopic (exact) mass is 221 g/mol. The summed E-state index contributed by atoms with van der Waals surface area (Å²) in [6.45, 7) is 2.10. The van der Waals surface area contributed by atoms with Gasteiger partial charge in [0.05, 0.1) is 18.1 Å². The molecule has 0 saturated heterocycles. The van der Waals surface area contributed by atoms with Crippen molar-refractivity contribution in [1.29, 1.82) is 0 Å². The molecule has 2 rings (SSSR count). The van der Waals surface area contributed by atoms with Crippen LogP contribution in [0.2, 0.25) is 0 Å². The summed E-state index contributed by atoms with van der Waals surface area (Å²) in [6.07, 6.45) is 6.83. The lowest BCUT2D eigenvalue weighted by atomic mass is 10.3. The van der Waals surface area contributed by atoms with Crippen molar-refractivity contribution in [2.75, 3.05) is 0 Å². The van der Waals surface area contributed by atoms with Crippen molar-refractivity contribution in [3.8, 4) is 5.69 Å². The number of nitrogens with one attached hydrogen (secondary N) is 1. The van der Waals surface area contributed by atoms with Gasteiger partial charge in [-0.05, 0) is 18.6 Å². The smallest absolute Gasteiger partial charge is 0.199 e. The summed E-state index contributed by atoms with van der Waals surface area (Å²) in [5.74, 6) is 0.914. The van der Waals surface area contributed by atoms with E-state index < -0.39 is 0 Å². The number of hydrogen-bond acceptors (Lipinski definition) is 4.